The lowest BCUT2D eigenvalue weighted by Crippen LogP contribution is -2.46. The zero-order valence-electron chi connectivity index (χ0n) is 20.5. The summed E-state index contributed by atoms with van der Waals surface area (Å²) in [7, 11) is -2.09. The zero-order valence-corrected chi connectivity index (χ0v) is 21.5. The number of nitrogens with one attached hydrogen (secondary N) is 1. The Balaban J connectivity index is 1.59. The van der Waals surface area contributed by atoms with E-state index in [1.165, 1.54) is 6.33 Å². The monoisotopic (exact) mass is 494 g/mol. The number of ether oxygens (including phenoxy) is 1. The Morgan fingerprint density at radius 3 is 2.71 bits per heavy atom. The molecule has 12 heteroatoms. The van der Waals surface area contributed by atoms with Gasteiger partial charge in [-0.3, -0.25) is 9.36 Å². The Morgan fingerprint density at radius 1 is 1.29 bits per heavy atom. The minimum Gasteiger partial charge on any atom is -0.411 e. The molecule has 0 aliphatic carbocycles. The van der Waals surface area contributed by atoms with Crippen molar-refractivity contribution in [3.63, 3.8) is 0 Å². The SMILES string of the molecule is CC(C)(C)[Si](C)(C)O[C@H]1C[C@H](n2cnc3c(NC(=O)c4ccccc4)ncnc32)O[C@@H]1CN=[N+]=[N-]. The van der Waals surface area contributed by atoms with E-state index in [4.69, 9.17) is 14.7 Å². The molecule has 3 aromatic rings. The molecule has 1 amide bonds. The first-order valence-electron chi connectivity index (χ1n) is 11.5. The first kappa shape index (κ1) is 24.8. The van der Waals surface area contributed by atoms with Gasteiger partial charge in [0.05, 0.1) is 25.1 Å². The first-order valence-corrected chi connectivity index (χ1v) is 14.4. The lowest BCUT2D eigenvalue weighted by Gasteiger charge is -2.39. The molecule has 0 saturated carbocycles. The minimum atomic E-state index is -2.09. The van der Waals surface area contributed by atoms with Gasteiger partial charge in [-0.25, -0.2) is 15.0 Å². The van der Waals surface area contributed by atoms with E-state index in [1.54, 1.807) is 30.6 Å². The number of carbonyl (C=O) groups is 1. The normalized spacial score (nSPS) is 20.5. The fourth-order valence-electron chi connectivity index (χ4n) is 3.75. The number of nitrogens with zero attached hydrogens (tertiary/aromatic N) is 7. The number of fused-ring (bicyclic) bond motifs is 1. The van der Waals surface area contributed by atoms with Crippen molar-refractivity contribution in [2.45, 2.75) is 63.8 Å². The molecule has 4 rings (SSSR count). The van der Waals surface area contributed by atoms with E-state index in [2.05, 4.69) is 64.2 Å². The number of hydrogen-bond acceptors (Lipinski definition) is 7. The standard InChI is InChI=1S/C23H30N8O3Si/c1-23(2,3)35(4,5)34-16-11-18(33-17(16)12-28-30-24)31-14-27-19-20(25-13-26-21(19)31)29-22(32)15-9-7-6-8-10-15/h6-10,13-14,16-18H,11-12H2,1-5H3,(H,25,26,29,32)/t16-,17+,18+/m0/s1. The largest absolute Gasteiger partial charge is 0.411 e. The van der Waals surface area contributed by atoms with Crippen molar-refractivity contribution in [3.8, 4) is 0 Å². The van der Waals surface area contributed by atoms with E-state index in [9.17, 15) is 4.79 Å². The predicted molar refractivity (Wildman–Crippen MR) is 134 cm³/mol. The summed E-state index contributed by atoms with van der Waals surface area (Å²) in [6.45, 7) is 11.1. The number of aromatic nitrogens is 4. The summed E-state index contributed by atoms with van der Waals surface area (Å²) < 4.78 is 14.7. The molecule has 11 nitrogen and oxygen atoms in total. The van der Waals surface area contributed by atoms with Crippen LogP contribution in [0.4, 0.5) is 5.82 Å². The maximum atomic E-state index is 12.6. The summed E-state index contributed by atoms with van der Waals surface area (Å²) in [5.41, 5.74) is 10.4. The predicted octanol–water partition coefficient (Wildman–Crippen LogP) is 5.07. The van der Waals surface area contributed by atoms with E-state index in [0.29, 0.717) is 29.0 Å². The van der Waals surface area contributed by atoms with Crippen LogP contribution in [0.3, 0.4) is 0 Å². The Morgan fingerprint density at radius 2 is 2.03 bits per heavy atom. The number of imidazole rings is 1. The molecule has 35 heavy (non-hydrogen) atoms. The molecule has 2 aromatic heterocycles. The number of hydrogen-bond donors (Lipinski definition) is 1. The topological polar surface area (TPSA) is 140 Å². The van der Waals surface area contributed by atoms with Crippen LogP contribution in [0.2, 0.25) is 18.1 Å². The summed E-state index contributed by atoms with van der Waals surface area (Å²) >= 11 is 0. The quantitative estimate of drug-likeness (QED) is 0.210. The van der Waals surface area contributed by atoms with E-state index >= 15 is 0 Å². The lowest BCUT2D eigenvalue weighted by atomic mass is 10.2. The van der Waals surface area contributed by atoms with E-state index in [-0.39, 0.29) is 29.7 Å². The molecule has 3 heterocycles. The second-order valence-electron chi connectivity index (χ2n) is 10.1. The molecule has 1 aliphatic heterocycles. The fourth-order valence-corrected chi connectivity index (χ4v) is 5.11. The van der Waals surface area contributed by atoms with Gasteiger partial charge in [-0.1, -0.05) is 44.1 Å². The van der Waals surface area contributed by atoms with Gasteiger partial charge >= 0.3 is 0 Å². The number of carbonyl (C=O) groups excluding carboxylic acids is 1. The second-order valence-corrected chi connectivity index (χ2v) is 14.8. The van der Waals surface area contributed by atoms with Gasteiger partial charge in [0.25, 0.3) is 5.91 Å². The van der Waals surface area contributed by atoms with Gasteiger partial charge in [-0.2, -0.15) is 0 Å². The van der Waals surface area contributed by atoms with Gasteiger partial charge in [0.15, 0.2) is 25.3 Å². The molecule has 0 spiro atoms. The molecule has 0 bridgehead atoms. The van der Waals surface area contributed by atoms with Crippen LogP contribution in [-0.4, -0.2) is 52.5 Å². The molecule has 1 aromatic carbocycles. The third-order valence-electron chi connectivity index (χ3n) is 6.69. The van der Waals surface area contributed by atoms with Gasteiger partial charge in [0.2, 0.25) is 0 Å². The third kappa shape index (κ3) is 5.20. The third-order valence-corrected chi connectivity index (χ3v) is 11.2. The van der Waals surface area contributed by atoms with Crippen LogP contribution in [0, 0.1) is 0 Å². The van der Waals surface area contributed by atoms with Crippen LogP contribution in [0.15, 0.2) is 48.1 Å². The van der Waals surface area contributed by atoms with Crippen molar-refractivity contribution >= 4 is 31.2 Å². The van der Waals surface area contributed by atoms with E-state index < -0.39 is 14.5 Å². The highest BCUT2D eigenvalue weighted by atomic mass is 28.4. The van der Waals surface area contributed by atoms with Crippen LogP contribution in [-0.2, 0) is 9.16 Å². The Hall–Kier alpha value is -3.31. The Kier molecular flexibility index (Phi) is 6.90. The smallest absolute Gasteiger partial charge is 0.256 e. The molecule has 0 unspecified atom stereocenters. The minimum absolute atomic E-state index is 0.0227. The average molecular weight is 495 g/mol. The Bertz CT molecular complexity index is 1250. The highest BCUT2D eigenvalue weighted by Crippen LogP contribution is 2.41. The molecule has 184 valence electrons. The summed E-state index contributed by atoms with van der Waals surface area (Å²) in [6, 6.07) is 8.90. The highest BCUT2D eigenvalue weighted by Gasteiger charge is 2.45. The van der Waals surface area contributed by atoms with E-state index in [1.807, 2.05) is 10.6 Å². The van der Waals surface area contributed by atoms with Gasteiger partial charge in [0.1, 0.15) is 12.6 Å². The summed E-state index contributed by atoms with van der Waals surface area (Å²) in [5.74, 6) is 0.0369. The number of benzene rings is 1. The molecular formula is C23H30N8O3Si. The van der Waals surface area contributed by atoms with Crippen molar-refractivity contribution in [3.05, 3.63) is 59.0 Å². The maximum Gasteiger partial charge on any atom is 0.256 e. The second kappa shape index (κ2) is 9.74. The Labute approximate surface area is 204 Å². The van der Waals surface area contributed by atoms with Crippen molar-refractivity contribution in [2.24, 2.45) is 5.11 Å². The summed E-state index contributed by atoms with van der Waals surface area (Å²) in [6.07, 6.45) is 2.53. The fraction of sp³-hybridized carbons (Fsp3) is 0.478. The molecule has 1 fully saturated rings. The summed E-state index contributed by atoms with van der Waals surface area (Å²) in [5, 5.41) is 6.58. The highest BCUT2D eigenvalue weighted by molar-refractivity contribution is 6.74. The van der Waals surface area contributed by atoms with Crippen molar-refractivity contribution in [2.75, 3.05) is 11.9 Å². The first-order chi connectivity index (χ1) is 16.6. The molecule has 3 atom stereocenters. The molecule has 1 aliphatic rings. The zero-order chi connectivity index (χ0) is 25.2. The van der Waals surface area contributed by atoms with Crippen molar-refractivity contribution < 1.29 is 14.0 Å². The van der Waals surface area contributed by atoms with Gasteiger partial charge in [-0.15, -0.1) is 0 Å². The van der Waals surface area contributed by atoms with Crippen molar-refractivity contribution in [1.82, 2.24) is 19.5 Å². The van der Waals surface area contributed by atoms with Crippen LogP contribution in [0.25, 0.3) is 21.6 Å². The van der Waals surface area contributed by atoms with Crippen LogP contribution in [0.1, 0.15) is 43.8 Å². The molecular weight excluding hydrogens is 464 g/mol. The lowest BCUT2D eigenvalue weighted by molar-refractivity contribution is -0.00938. The summed E-state index contributed by atoms with van der Waals surface area (Å²) in [4.78, 5) is 28.6. The molecule has 1 N–H and O–H groups in total. The van der Waals surface area contributed by atoms with E-state index in [0.717, 1.165) is 0 Å². The van der Waals surface area contributed by atoms with Gasteiger partial charge < -0.3 is 14.5 Å². The van der Waals surface area contributed by atoms with Crippen LogP contribution in [0.5, 0.6) is 0 Å². The molecule has 1 saturated heterocycles. The average Bonchev–Trinajstić information content (AvgIpc) is 3.41. The van der Waals surface area contributed by atoms with Crippen molar-refractivity contribution in [1.29, 1.82) is 0 Å². The molecule has 0 radical (unpaired) electrons. The number of rotatable bonds is 7. The maximum absolute atomic E-state index is 12.6. The number of anilines is 1. The van der Waals surface area contributed by atoms with Crippen LogP contribution >= 0.6 is 0 Å². The van der Waals surface area contributed by atoms with Crippen LogP contribution < -0.4 is 5.32 Å². The van der Waals surface area contributed by atoms with Gasteiger partial charge in [-0.05, 0) is 35.8 Å². The number of azide groups is 1. The van der Waals surface area contributed by atoms with Gasteiger partial charge in [0, 0.05) is 16.9 Å². The number of amides is 1.